The molecule has 0 unspecified atom stereocenters. The number of rotatable bonds is 5. The van der Waals surface area contributed by atoms with Crippen LogP contribution >= 0.6 is 22.9 Å². The van der Waals surface area contributed by atoms with Crippen molar-refractivity contribution in [3.8, 4) is 27.3 Å². The molecule has 4 rings (SSSR count). The summed E-state index contributed by atoms with van der Waals surface area (Å²) in [6.07, 6.45) is 2.87. The van der Waals surface area contributed by atoms with Crippen molar-refractivity contribution in [3.05, 3.63) is 58.7 Å². The third-order valence-corrected chi connectivity index (χ3v) is 6.09. The number of halogens is 1. The largest absolute Gasteiger partial charge is 0.410 e. The number of aromatic nitrogens is 1. The summed E-state index contributed by atoms with van der Waals surface area (Å²) in [5, 5.41) is 12.2. The minimum absolute atomic E-state index is 0.133. The first kappa shape index (κ1) is 18.0. The molecule has 3 N–H and O–H groups in total. The van der Waals surface area contributed by atoms with Gasteiger partial charge in [0, 0.05) is 33.8 Å². The third kappa shape index (κ3) is 3.56. The van der Waals surface area contributed by atoms with Crippen LogP contribution in [0.15, 0.2) is 48.0 Å². The van der Waals surface area contributed by atoms with E-state index in [1.807, 2.05) is 6.07 Å². The zero-order valence-corrected chi connectivity index (χ0v) is 15.9. The summed E-state index contributed by atoms with van der Waals surface area (Å²) in [4.78, 5) is 16.3. The van der Waals surface area contributed by atoms with Gasteiger partial charge in [0.25, 0.3) is 0 Å². The van der Waals surface area contributed by atoms with Crippen LogP contribution in [0.2, 0.25) is 5.02 Å². The lowest BCUT2D eigenvalue weighted by Crippen LogP contribution is -2.16. The molecule has 0 saturated heterocycles. The Balaban J connectivity index is 1.63. The van der Waals surface area contributed by atoms with Gasteiger partial charge in [0.05, 0.1) is 11.6 Å². The molecular weight excluding hydrogens is 384 g/mol. The molecule has 0 aliphatic heterocycles. The van der Waals surface area contributed by atoms with Gasteiger partial charge in [-0.25, -0.2) is 4.79 Å². The molecule has 1 aromatic carbocycles. The van der Waals surface area contributed by atoms with Gasteiger partial charge in [-0.15, -0.1) is 11.3 Å². The second-order valence-electron chi connectivity index (χ2n) is 6.63. The third-order valence-electron chi connectivity index (χ3n) is 4.82. The second-order valence-corrected chi connectivity index (χ2v) is 7.95. The minimum atomic E-state index is -0.873. The summed E-state index contributed by atoms with van der Waals surface area (Å²) in [6, 6.07) is 11.1. The Hall–Kier alpha value is -2.41. The van der Waals surface area contributed by atoms with E-state index in [1.54, 1.807) is 35.7 Å². The van der Waals surface area contributed by atoms with Gasteiger partial charge in [-0.3, -0.25) is 4.98 Å². The lowest BCUT2D eigenvalue weighted by molar-refractivity contribution is 0.211. The van der Waals surface area contributed by atoms with Crippen molar-refractivity contribution >= 4 is 29.0 Å². The van der Waals surface area contributed by atoms with Crippen LogP contribution in [0.25, 0.3) is 21.6 Å². The van der Waals surface area contributed by atoms with Crippen molar-refractivity contribution in [2.75, 3.05) is 6.61 Å². The molecule has 1 amide bonds. The van der Waals surface area contributed by atoms with Crippen LogP contribution in [-0.2, 0) is 5.41 Å². The Kier molecular flexibility index (Phi) is 4.63. The lowest BCUT2D eigenvalue weighted by atomic mass is 9.99. The number of nitrogens with zero attached hydrogens (tertiary/aromatic N) is 1. The summed E-state index contributed by atoms with van der Waals surface area (Å²) >= 11 is 7.93. The van der Waals surface area contributed by atoms with Crippen molar-refractivity contribution in [2.24, 2.45) is 5.73 Å². The highest BCUT2D eigenvalue weighted by Gasteiger charge is 2.45. The van der Waals surface area contributed by atoms with Gasteiger partial charge in [0.15, 0.2) is 0 Å². The molecular formula is C20H17ClN2O3S. The highest BCUT2D eigenvalue weighted by Crippen LogP contribution is 2.47. The maximum absolute atomic E-state index is 10.9. The van der Waals surface area contributed by atoms with Crippen LogP contribution in [-0.4, -0.2) is 22.8 Å². The fourth-order valence-corrected chi connectivity index (χ4v) is 4.34. The van der Waals surface area contributed by atoms with Crippen LogP contribution in [0.3, 0.4) is 0 Å². The number of benzene rings is 1. The van der Waals surface area contributed by atoms with E-state index in [2.05, 4.69) is 22.5 Å². The SMILES string of the molecule is NC(=O)Oc1ccc(-c2cc(-c3ccnc(C4(CO)CC4)c3)cs2)c(Cl)c1. The maximum Gasteiger partial charge on any atom is 0.409 e. The maximum atomic E-state index is 10.9. The molecule has 2 heterocycles. The van der Waals surface area contributed by atoms with Gasteiger partial charge in [0.1, 0.15) is 5.75 Å². The normalized spacial score (nSPS) is 14.7. The highest BCUT2D eigenvalue weighted by atomic mass is 35.5. The topological polar surface area (TPSA) is 85.4 Å². The molecule has 0 radical (unpaired) electrons. The Morgan fingerprint density at radius 3 is 2.74 bits per heavy atom. The zero-order valence-electron chi connectivity index (χ0n) is 14.3. The zero-order chi connectivity index (χ0) is 19.0. The summed E-state index contributed by atoms with van der Waals surface area (Å²) in [5.41, 5.74) is 8.80. The molecule has 3 aromatic rings. The van der Waals surface area contributed by atoms with Crippen molar-refractivity contribution in [2.45, 2.75) is 18.3 Å². The van der Waals surface area contributed by atoms with Gasteiger partial charge < -0.3 is 15.6 Å². The van der Waals surface area contributed by atoms with Crippen LogP contribution in [0.1, 0.15) is 18.5 Å². The molecule has 27 heavy (non-hydrogen) atoms. The Labute approximate surface area is 165 Å². The molecule has 1 aliphatic carbocycles. The fraction of sp³-hybridized carbons (Fsp3) is 0.200. The number of primary amides is 1. The summed E-state index contributed by atoms with van der Waals surface area (Å²) in [6.45, 7) is 0.133. The summed E-state index contributed by atoms with van der Waals surface area (Å²) in [5.74, 6) is 0.311. The standard InChI is InChI=1S/C20H17ClN2O3S/c21-16-9-14(26-19(22)25)1-2-15(16)17-7-13(10-27-17)12-3-6-23-18(8-12)20(11-24)4-5-20/h1-3,6-10,24H,4-5,11H2,(H2,22,25). The first-order valence-corrected chi connectivity index (χ1v) is 9.70. The predicted octanol–water partition coefficient (Wildman–Crippen LogP) is 4.61. The van der Waals surface area contributed by atoms with Crippen LogP contribution < -0.4 is 10.5 Å². The number of amides is 1. The number of carbonyl (C=O) groups is 1. The highest BCUT2D eigenvalue weighted by molar-refractivity contribution is 7.14. The number of aliphatic hydroxyl groups excluding tert-OH is 1. The van der Waals surface area contributed by atoms with E-state index in [4.69, 9.17) is 22.1 Å². The number of carbonyl (C=O) groups excluding carboxylic acids is 1. The number of thiophene rings is 1. The Morgan fingerprint density at radius 1 is 1.26 bits per heavy atom. The molecule has 1 fully saturated rings. The van der Waals surface area contributed by atoms with E-state index in [0.717, 1.165) is 40.1 Å². The van der Waals surface area contributed by atoms with Crippen LogP contribution in [0.5, 0.6) is 5.75 Å². The van der Waals surface area contributed by atoms with Gasteiger partial charge in [0.2, 0.25) is 0 Å². The molecule has 1 saturated carbocycles. The number of aliphatic hydroxyl groups is 1. The van der Waals surface area contributed by atoms with Gasteiger partial charge in [-0.05, 0) is 59.7 Å². The number of hydrogen-bond acceptors (Lipinski definition) is 5. The first-order chi connectivity index (χ1) is 13.0. The molecule has 5 nitrogen and oxygen atoms in total. The quantitative estimate of drug-likeness (QED) is 0.654. The number of hydrogen-bond donors (Lipinski definition) is 2. The average Bonchev–Trinajstić information content (AvgIpc) is 3.31. The van der Waals surface area contributed by atoms with Gasteiger partial charge in [-0.1, -0.05) is 11.6 Å². The van der Waals surface area contributed by atoms with E-state index in [1.165, 1.54) is 0 Å². The van der Waals surface area contributed by atoms with Crippen molar-refractivity contribution in [1.82, 2.24) is 4.98 Å². The van der Waals surface area contributed by atoms with Crippen LogP contribution in [0.4, 0.5) is 4.79 Å². The number of ether oxygens (including phenoxy) is 1. The molecule has 138 valence electrons. The van der Waals surface area contributed by atoms with Gasteiger partial charge in [-0.2, -0.15) is 0 Å². The molecule has 1 aliphatic rings. The van der Waals surface area contributed by atoms with E-state index in [9.17, 15) is 9.90 Å². The molecule has 7 heteroatoms. The van der Waals surface area contributed by atoms with Crippen molar-refractivity contribution in [3.63, 3.8) is 0 Å². The fourth-order valence-electron chi connectivity index (χ4n) is 3.05. The predicted molar refractivity (Wildman–Crippen MR) is 106 cm³/mol. The second kappa shape index (κ2) is 6.96. The number of pyridine rings is 1. The molecule has 2 aromatic heterocycles. The van der Waals surface area contributed by atoms with Crippen LogP contribution in [0, 0.1) is 0 Å². The summed E-state index contributed by atoms with van der Waals surface area (Å²) < 4.78 is 4.85. The monoisotopic (exact) mass is 400 g/mol. The van der Waals surface area contributed by atoms with Crippen molar-refractivity contribution in [1.29, 1.82) is 0 Å². The lowest BCUT2D eigenvalue weighted by Gasteiger charge is -2.11. The Bertz CT molecular complexity index is 1010. The Morgan fingerprint density at radius 2 is 2.07 bits per heavy atom. The van der Waals surface area contributed by atoms with E-state index < -0.39 is 6.09 Å². The summed E-state index contributed by atoms with van der Waals surface area (Å²) in [7, 11) is 0. The molecule has 0 spiro atoms. The van der Waals surface area contributed by atoms with E-state index in [0.29, 0.717) is 10.8 Å². The smallest absolute Gasteiger partial charge is 0.409 e. The first-order valence-electron chi connectivity index (χ1n) is 8.44. The van der Waals surface area contributed by atoms with E-state index in [-0.39, 0.29) is 12.0 Å². The molecule has 0 atom stereocenters. The van der Waals surface area contributed by atoms with Crippen molar-refractivity contribution < 1.29 is 14.6 Å². The average molecular weight is 401 g/mol. The van der Waals surface area contributed by atoms with Gasteiger partial charge >= 0.3 is 6.09 Å². The molecule has 0 bridgehead atoms. The minimum Gasteiger partial charge on any atom is -0.410 e. The number of nitrogens with two attached hydrogens (primary N) is 1. The van der Waals surface area contributed by atoms with E-state index >= 15 is 0 Å².